The summed E-state index contributed by atoms with van der Waals surface area (Å²) in [7, 11) is 0. The van der Waals surface area contributed by atoms with E-state index in [1.54, 1.807) is 0 Å². The van der Waals surface area contributed by atoms with Crippen LogP contribution in [-0.2, 0) is 19.3 Å². The van der Waals surface area contributed by atoms with Crippen LogP contribution in [0.2, 0.25) is 0 Å². The number of benzene rings is 2. The standard InChI is InChI=1S/C20H22O4/c1-13(2)8-11-16-17(21)12-15(18(19(16)22)20(23)24)10-9-14-6-4-3-5-7-14/h3-8,12,21-22H,9-11H2,1-2H3,(H,23,24). The van der Waals surface area contributed by atoms with Crippen LogP contribution in [0.25, 0.3) is 0 Å². The summed E-state index contributed by atoms with van der Waals surface area (Å²) in [5.41, 5.74) is 2.65. The minimum Gasteiger partial charge on any atom is -0.508 e. The third kappa shape index (κ3) is 4.16. The molecule has 0 saturated carbocycles. The number of aromatic carboxylic acids is 1. The normalized spacial score (nSPS) is 10.4. The van der Waals surface area contributed by atoms with Crippen LogP contribution < -0.4 is 0 Å². The minimum absolute atomic E-state index is 0.0712. The van der Waals surface area contributed by atoms with E-state index in [4.69, 9.17) is 0 Å². The van der Waals surface area contributed by atoms with Crippen molar-refractivity contribution in [3.8, 4) is 11.5 Å². The maximum atomic E-state index is 11.6. The number of hydrogen-bond acceptors (Lipinski definition) is 3. The Balaban J connectivity index is 2.37. The Kier molecular flexibility index (Phi) is 5.64. The SMILES string of the molecule is CC(C)=CCc1c(O)cc(CCc2ccccc2)c(C(=O)O)c1O. The van der Waals surface area contributed by atoms with Crippen molar-refractivity contribution in [2.75, 3.05) is 0 Å². The number of carboxylic acid groups (broad SMARTS) is 1. The number of aryl methyl sites for hydroxylation is 2. The second-order valence-electron chi connectivity index (χ2n) is 6.03. The number of carboxylic acids is 1. The van der Waals surface area contributed by atoms with E-state index < -0.39 is 5.97 Å². The summed E-state index contributed by atoms with van der Waals surface area (Å²) in [6, 6.07) is 11.1. The number of rotatable bonds is 6. The summed E-state index contributed by atoms with van der Waals surface area (Å²) in [5.74, 6) is -1.60. The average molecular weight is 326 g/mol. The van der Waals surface area contributed by atoms with Crippen molar-refractivity contribution in [2.24, 2.45) is 0 Å². The van der Waals surface area contributed by atoms with Crippen LogP contribution in [-0.4, -0.2) is 21.3 Å². The first-order valence-electron chi connectivity index (χ1n) is 7.87. The van der Waals surface area contributed by atoms with Crippen molar-refractivity contribution in [2.45, 2.75) is 33.1 Å². The maximum Gasteiger partial charge on any atom is 0.339 e. The number of carbonyl (C=O) groups is 1. The Morgan fingerprint density at radius 2 is 1.75 bits per heavy atom. The molecular weight excluding hydrogens is 304 g/mol. The van der Waals surface area contributed by atoms with Crippen molar-refractivity contribution >= 4 is 5.97 Å². The van der Waals surface area contributed by atoms with Gasteiger partial charge in [-0.3, -0.25) is 0 Å². The molecule has 126 valence electrons. The van der Waals surface area contributed by atoms with Crippen LogP contribution in [0.3, 0.4) is 0 Å². The highest BCUT2D eigenvalue weighted by molar-refractivity contribution is 5.93. The van der Waals surface area contributed by atoms with E-state index >= 15 is 0 Å². The Morgan fingerprint density at radius 3 is 2.33 bits per heavy atom. The van der Waals surface area contributed by atoms with Gasteiger partial charge in [-0.05, 0) is 50.3 Å². The van der Waals surface area contributed by atoms with Crippen LogP contribution in [0, 0.1) is 0 Å². The van der Waals surface area contributed by atoms with Gasteiger partial charge in [0.25, 0.3) is 0 Å². The Morgan fingerprint density at radius 1 is 1.08 bits per heavy atom. The maximum absolute atomic E-state index is 11.6. The molecule has 0 radical (unpaired) electrons. The zero-order valence-corrected chi connectivity index (χ0v) is 13.9. The van der Waals surface area contributed by atoms with Gasteiger partial charge in [0.2, 0.25) is 0 Å². The fourth-order valence-electron chi connectivity index (χ4n) is 2.62. The molecule has 0 saturated heterocycles. The van der Waals surface area contributed by atoms with Crippen molar-refractivity contribution < 1.29 is 20.1 Å². The predicted molar refractivity (Wildman–Crippen MR) is 93.7 cm³/mol. The van der Waals surface area contributed by atoms with Gasteiger partial charge in [0.15, 0.2) is 0 Å². The quantitative estimate of drug-likeness (QED) is 0.699. The zero-order chi connectivity index (χ0) is 17.7. The highest BCUT2D eigenvalue weighted by Crippen LogP contribution is 2.35. The molecular formula is C20H22O4. The molecule has 0 aliphatic heterocycles. The van der Waals surface area contributed by atoms with Gasteiger partial charge in [0.05, 0.1) is 0 Å². The van der Waals surface area contributed by atoms with Crippen molar-refractivity contribution in [1.82, 2.24) is 0 Å². The zero-order valence-electron chi connectivity index (χ0n) is 13.9. The van der Waals surface area contributed by atoms with Gasteiger partial charge < -0.3 is 15.3 Å². The molecule has 0 heterocycles. The van der Waals surface area contributed by atoms with E-state index in [9.17, 15) is 20.1 Å². The number of allylic oxidation sites excluding steroid dienone is 2. The molecule has 3 N–H and O–H groups in total. The van der Waals surface area contributed by atoms with Gasteiger partial charge in [-0.15, -0.1) is 0 Å². The number of phenols is 2. The second kappa shape index (κ2) is 7.68. The third-order valence-corrected chi connectivity index (χ3v) is 3.92. The predicted octanol–water partition coefficient (Wildman–Crippen LogP) is 4.09. The van der Waals surface area contributed by atoms with Crippen LogP contribution in [0.1, 0.15) is 40.9 Å². The molecule has 0 aliphatic carbocycles. The molecule has 0 unspecified atom stereocenters. The molecule has 2 aromatic carbocycles. The Labute approximate surface area is 141 Å². The number of hydrogen-bond donors (Lipinski definition) is 3. The number of phenolic OH excluding ortho intramolecular Hbond substituents is 1. The summed E-state index contributed by atoms with van der Waals surface area (Å²) in [5, 5.41) is 30.0. The van der Waals surface area contributed by atoms with Crippen LogP contribution >= 0.6 is 0 Å². The molecule has 2 aromatic rings. The molecule has 0 fully saturated rings. The topological polar surface area (TPSA) is 77.8 Å². The fourth-order valence-corrected chi connectivity index (χ4v) is 2.62. The molecule has 0 aliphatic rings. The molecule has 0 amide bonds. The first kappa shape index (κ1) is 17.6. The summed E-state index contributed by atoms with van der Waals surface area (Å²) < 4.78 is 0. The summed E-state index contributed by atoms with van der Waals surface area (Å²) in [4.78, 5) is 11.6. The largest absolute Gasteiger partial charge is 0.508 e. The highest BCUT2D eigenvalue weighted by Gasteiger charge is 2.21. The van der Waals surface area contributed by atoms with Crippen molar-refractivity contribution in [1.29, 1.82) is 0 Å². The molecule has 0 bridgehead atoms. The first-order valence-corrected chi connectivity index (χ1v) is 7.87. The second-order valence-corrected chi connectivity index (χ2v) is 6.03. The van der Waals surface area contributed by atoms with Crippen LogP contribution in [0.15, 0.2) is 48.0 Å². The average Bonchev–Trinajstić information content (AvgIpc) is 2.52. The Hall–Kier alpha value is -2.75. The van der Waals surface area contributed by atoms with Crippen molar-refractivity contribution in [3.63, 3.8) is 0 Å². The van der Waals surface area contributed by atoms with E-state index in [0.717, 1.165) is 11.1 Å². The van der Waals surface area contributed by atoms with Crippen molar-refractivity contribution in [3.05, 3.63) is 70.3 Å². The summed E-state index contributed by atoms with van der Waals surface area (Å²) >= 11 is 0. The molecule has 2 rings (SSSR count). The minimum atomic E-state index is -1.19. The van der Waals surface area contributed by atoms with E-state index in [2.05, 4.69) is 0 Å². The van der Waals surface area contributed by atoms with Gasteiger partial charge in [0.1, 0.15) is 17.1 Å². The molecule has 24 heavy (non-hydrogen) atoms. The smallest absolute Gasteiger partial charge is 0.339 e. The Bertz CT molecular complexity index is 757. The van der Waals surface area contributed by atoms with Crippen LogP contribution in [0.4, 0.5) is 0 Å². The molecule has 4 heteroatoms. The van der Waals surface area contributed by atoms with E-state index in [1.165, 1.54) is 6.07 Å². The van der Waals surface area contributed by atoms with E-state index in [1.807, 2.05) is 50.3 Å². The molecule has 0 aromatic heterocycles. The van der Waals surface area contributed by atoms with Crippen LogP contribution in [0.5, 0.6) is 11.5 Å². The lowest BCUT2D eigenvalue weighted by Gasteiger charge is -2.14. The summed E-state index contributed by atoms with van der Waals surface area (Å²) in [6.45, 7) is 3.81. The fraction of sp³-hybridized carbons (Fsp3) is 0.250. The molecule has 4 nitrogen and oxygen atoms in total. The molecule has 0 spiro atoms. The third-order valence-electron chi connectivity index (χ3n) is 3.92. The first-order chi connectivity index (χ1) is 11.4. The van der Waals surface area contributed by atoms with Gasteiger partial charge in [-0.25, -0.2) is 4.79 Å². The lowest BCUT2D eigenvalue weighted by atomic mass is 9.94. The lowest BCUT2D eigenvalue weighted by molar-refractivity contribution is 0.0692. The van der Waals surface area contributed by atoms with Gasteiger partial charge in [0, 0.05) is 5.56 Å². The van der Waals surface area contributed by atoms with Gasteiger partial charge in [-0.2, -0.15) is 0 Å². The summed E-state index contributed by atoms with van der Waals surface area (Å²) in [6.07, 6.45) is 3.19. The highest BCUT2D eigenvalue weighted by atomic mass is 16.4. The van der Waals surface area contributed by atoms with E-state index in [0.29, 0.717) is 24.8 Å². The molecule has 0 atom stereocenters. The van der Waals surface area contributed by atoms with E-state index in [-0.39, 0.29) is 22.6 Å². The number of aromatic hydroxyl groups is 2. The van der Waals surface area contributed by atoms with Gasteiger partial charge in [-0.1, -0.05) is 42.0 Å². The lowest BCUT2D eigenvalue weighted by Crippen LogP contribution is -2.06. The monoisotopic (exact) mass is 326 g/mol. The van der Waals surface area contributed by atoms with Gasteiger partial charge >= 0.3 is 5.97 Å².